The van der Waals surface area contributed by atoms with Gasteiger partial charge in [0.15, 0.2) is 0 Å². The Morgan fingerprint density at radius 2 is 1.63 bits per heavy atom. The van der Waals surface area contributed by atoms with Gasteiger partial charge >= 0.3 is 0 Å². The van der Waals surface area contributed by atoms with Crippen molar-refractivity contribution in [3.8, 4) is 0 Å². The summed E-state index contributed by atoms with van der Waals surface area (Å²) in [5.41, 5.74) is 1.22. The van der Waals surface area contributed by atoms with Crippen LogP contribution in [0.2, 0.25) is 0 Å². The maximum Gasteiger partial charge on any atom is 0.0650 e. The molecule has 0 aromatic heterocycles. The van der Waals surface area contributed by atoms with Crippen molar-refractivity contribution in [3.63, 3.8) is 0 Å². The van der Waals surface area contributed by atoms with Gasteiger partial charge in [0.05, 0.1) is 12.2 Å². The second-order valence-corrected chi connectivity index (χ2v) is 5.60. The van der Waals surface area contributed by atoms with Gasteiger partial charge in [0.25, 0.3) is 0 Å². The lowest BCUT2D eigenvalue weighted by Crippen LogP contribution is -2.37. The van der Waals surface area contributed by atoms with Crippen molar-refractivity contribution in [1.29, 1.82) is 0 Å². The van der Waals surface area contributed by atoms with Gasteiger partial charge in [0, 0.05) is 11.8 Å². The Kier molecular flexibility index (Phi) is 6.26. The zero-order valence-electron chi connectivity index (χ0n) is 12.2. The van der Waals surface area contributed by atoms with Crippen molar-refractivity contribution >= 4 is 0 Å². The van der Waals surface area contributed by atoms with Crippen molar-refractivity contribution in [3.05, 3.63) is 48.6 Å². The molecule has 0 saturated heterocycles. The van der Waals surface area contributed by atoms with Crippen LogP contribution in [0.5, 0.6) is 0 Å². The van der Waals surface area contributed by atoms with Crippen LogP contribution in [0.3, 0.4) is 0 Å². The van der Waals surface area contributed by atoms with Gasteiger partial charge in [-0.2, -0.15) is 0 Å². The molecule has 2 N–H and O–H groups in total. The first kappa shape index (κ1) is 15.9. The van der Waals surface area contributed by atoms with Gasteiger partial charge in [-0.15, -0.1) is 6.58 Å². The fraction of sp³-hybridized carbons (Fsp3) is 0.529. The van der Waals surface area contributed by atoms with Crippen molar-refractivity contribution < 1.29 is 10.2 Å². The van der Waals surface area contributed by atoms with Gasteiger partial charge in [-0.1, -0.05) is 57.2 Å². The summed E-state index contributed by atoms with van der Waals surface area (Å²) in [7, 11) is 0. The molecule has 19 heavy (non-hydrogen) atoms. The molecule has 0 spiro atoms. The van der Waals surface area contributed by atoms with E-state index >= 15 is 0 Å². The highest BCUT2D eigenvalue weighted by Crippen LogP contribution is 2.24. The van der Waals surface area contributed by atoms with Gasteiger partial charge in [-0.3, -0.25) is 0 Å². The van der Waals surface area contributed by atoms with E-state index < -0.39 is 12.2 Å². The third kappa shape index (κ3) is 4.48. The van der Waals surface area contributed by atoms with Crippen molar-refractivity contribution in [2.75, 3.05) is 0 Å². The lowest BCUT2D eigenvalue weighted by atomic mass is 9.82. The molecule has 1 aromatic carbocycles. The smallest absolute Gasteiger partial charge is 0.0650 e. The molecule has 0 aliphatic heterocycles. The molecule has 2 nitrogen and oxygen atoms in total. The molecule has 1 aromatic rings. The van der Waals surface area contributed by atoms with E-state index in [0.717, 1.165) is 6.42 Å². The fourth-order valence-electron chi connectivity index (χ4n) is 2.45. The molecular formula is C17H26O2. The van der Waals surface area contributed by atoms with Gasteiger partial charge in [-0.05, 0) is 17.9 Å². The largest absolute Gasteiger partial charge is 0.392 e. The highest BCUT2D eigenvalue weighted by Gasteiger charge is 2.29. The number of hydrogen-bond donors (Lipinski definition) is 2. The third-order valence-electron chi connectivity index (χ3n) is 3.97. The van der Waals surface area contributed by atoms with Crippen LogP contribution in [-0.2, 0) is 6.42 Å². The SMILES string of the molecule is C=C[C@H](C)[C@H](O)[C@H](C)[C@@H](O)[C@@H](C)Cc1ccccc1. The summed E-state index contributed by atoms with van der Waals surface area (Å²) in [5.74, 6) is -0.0515. The average molecular weight is 262 g/mol. The molecule has 0 radical (unpaired) electrons. The predicted octanol–water partition coefficient (Wildman–Crippen LogP) is 3.05. The third-order valence-corrected chi connectivity index (χ3v) is 3.97. The minimum atomic E-state index is -0.550. The van der Waals surface area contributed by atoms with Crippen LogP contribution in [0, 0.1) is 17.8 Å². The number of hydrogen-bond acceptors (Lipinski definition) is 2. The Bertz CT molecular complexity index is 374. The van der Waals surface area contributed by atoms with Crippen LogP contribution in [-0.4, -0.2) is 22.4 Å². The van der Waals surface area contributed by atoms with Gasteiger partial charge in [-0.25, -0.2) is 0 Å². The molecule has 0 amide bonds. The van der Waals surface area contributed by atoms with E-state index in [9.17, 15) is 10.2 Å². The molecule has 0 unspecified atom stereocenters. The summed E-state index contributed by atoms with van der Waals surface area (Å²) in [4.78, 5) is 0. The molecule has 5 atom stereocenters. The molecule has 106 valence electrons. The topological polar surface area (TPSA) is 40.5 Å². The Hall–Kier alpha value is -1.12. The summed E-state index contributed by atoms with van der Waals surface area (Å²) in [6.45, 7) is 9.54. The van der Waals surface area contributed by atoms with Gasteiger partial charge in [0.1, 0.15) is 0 Å². The van der Waals surface area contributed by atoms with Gasteiger partial charge < -0.3 is 10.2 Å². The standard InChI is InChI=1S/C17H26O2/c1-5-12(2)16(18)14(4)17(19)13(3)11-15-9-7-6-8-10-15/h5-10,12-14,16-19H,1,11H2,2-4H3/t12-,13-,14-,16-,17-/m0/s1. The zero-order chi connectivity index (χ0) is 14.4. The van der Waals surface area contributed by atoms with Crippen LogP contribution in [0.15, 0.2) is 43.0 Å². The van der Waals surface area contributed by atoms with E-state index in [0.29, 0.717) is 0 Å². The number of aliphatic hydroxyl groups excluding tert-OH is 2. The molecule has 0 heterocycles. The maximum atomic E-state index is 10.4. The number of benzene rings is 1. The maximum absolute atomic E-state index is 10.4. The minimum absolute atomic E-state index is 0.00595. The van der Waals surface area contributed by atoms with Crippen molar-refractivity contribution in [1.82, 2.24) is 0 Å². The van der Waals surface area contributed by atoms with E-state index in [4.69, 9.17) is 0 Å². The Morgan fingerprint density at radius 1 is 1.05 bits per heavy atom. The van der Waals surface area contributed by atoms with Crippen LogP contribution in [0.4, 0.5) is 0 Å². The van der Waals surface area contributed by atoms with Crippen LogP contribution in [0.1, 0.15) is 26.3 Å². The lowest BCUT2D eigenvalue weighted by molar-refractivity contribution is -0.0200. The number of aliphatic hydroxyl groups is 2. The van der Waals surface area contributed by atoms with Crippen LogP contribution < -0.4 is 0 Å². The fourth-order valence-corrected chi connectivity index (χ4v) is 2.45. The molecule has 0 fully saturated rings. The lowest BCUT2D eigenvalue weighted by Gasteiger charge is -2.30. The first-order valence-electron chi connectivity index (χ1n) is 7.00. The summed E-state index contributed by atoms with van der Waals surface area (Å²) >= 11 is 0. The highest BCUT2D eigenvalue weighted by molar-refractivity contribution is 5.15. The summed E-state index contributed by atoms with van der Waals surface area (Å²) in [6, 6.07) is 10.1. The summed E-state index contributed by atoms with van der Waals surface area (Å²) in [5, 5.41) is 20.5. The average Bonchev–Trinajstić information content (AvgIpc) is 2.44. The van der Waals surface area contributed by atoms with Crippen LogP contribution >= 0.6 is 0 Å². The normalized spacial score (nSPS) is 19.2. The van der Waals surface area contributed by atoms with E-state index in [1.807, 2.05) is 39.0 Å². The minimum Gasteiger partial charge on any atom is -0.392 e. The molecular weight excluding hydrogens is 236 g/mol. The molecule has 2 heteroatoms. The summed E-state index contributed by atoms with van der Waals surface area (Å²) in [6.07, 6.45) is 1.49. The Balaban J connectivity index is 2.61. The molecule has 1 rings (SSSR count). The number of rotatable bonds is 7. The van der Waals surface area contributed by atoms with Crippen molar-refractivity contribution in [2.24, 2.45) is 17.8 Å². The molecule has 0 aliphatic carbocycles. The first-order valence-corrected chi connectivity index (χ1v) is 7.00. The van der Waals surface area contributed by atoms with Crippen molar-refractivity contribution in [2.45, 2.75) is 39.4 Å². The molecule has 0 aliphatic rings. The second kappa shape index (κ2) is 7.46. The highest BCUT2D eigenvalue weighted by atomic mass is 16.3. The Morgan fingerprint density at radius 3 is 2.16 bits per heavy atom. The monoisotopic (exact) mass is 262 g/mol. The van der Waals surface area contributed by atoms with Crippen LogP contribution in [0.25, 0.3) is 0 Å². The quantitative estimate of drug-likeness (QED) is 0.741. The first-order chi connectivity index (χ1) is 8.97. The van der Waals surface area contributed by atoms with E-state index in [2.05, 4.69) is 18.7 Å². The Labute approximate surface area is 116 Å². The summed E-state index contributed by atoms with van der Waals surface area (Å²) < 4.78 is 0. The van der Waals surface area contributed by atoms with Gasteiger partial charge in [0.2, 0.25) is 0 Å². The zero-order valence-corrected chi connectivity index (χ0v) is 12.2. The van der Waals surface area contributed by atoms with E-state index in [1.54, 1.807) is 6.08 Å². The molecule has 0 saturated carbocycles. The van der Waals surface area contributed by atoms with E-state index in [-0.39, 0.29) is 17.8 Å². The molecule has 0 bridgehead atoms. The second-order valence-electron chi connectivity index (χ2n) is 5.60. The predicted molar refractivity (Wildman–Crippen MR) is 79.8 cm³/mol. The van der Waals surface area contributed by atoms with E-state index in [1.165, 1.54) is 5.56 Å².